The lowest BCUT2D eigenvalue weighted by molar-refractivity contribution is 0.324. The topological polar surface area (TPSA) is 28.2 Å². The molecule has 0 amide bonds. The van der Waals surface area contributed by atoms with Crippen molar-refractivity contribution in [3.63, 3.8) is 0 Å². The molecule has 0 bridgehead atoms. The number of nitrogens with zero attached hydrogens (tertiary/aromatic N) is 2. The van der Waals surface area contributed by atoms with Gasteiger partial charge in [-0.2, -0.15) is 0 Å². The van der Waals surface area contributed by atoms with Crippen molar-refractivity contribution in [1.82, 2.24) is 15.2 Å². The van der Waals surface area contributed by atoms with Crippen LogP contribution in [0.4, 0.5) is 0 Å². The highest BCUT2D eigenvalue weighted by Crippen LogP contribution is 2.20. The van der Waals surface area contributed by atoms with Gasteiger partial charge in [-0.15, -0.1) is 22.7 Å². The summed E-state index contributed by atoms with van der Waals surface area (Å²) in [6, 6.07) is 4.47. The fraction of sp³-hybridized carbons (Fsp3) is 0.500. The van der Waals surface area contributed by atoms with Crippen LogP contribution in [0.3, 0.4) is 0 Å². The van der Waals surface area contributed by atoms with Gasteiger partial charge in [-0.05, 0) is 32.6 Å². The van der Waals surface area contributed by atoms with Gasteiger partial charge in [0.25, 0.3) is 0 Å². The van der Waals surface area contributed by atoms with Crippen molar-refractivity contribution >= 4 is 22.7 Å². The van der Waals surface area contributed by atoms with E-state index in [0.717, 1.165) is 31.9 Å². The molecule has 2 rings (SSSR count). The maximum atomic E-state index is 4.30. The average Bonchev–Trinajstić information content (AvgIpc) is 2.97. The first-order chi connectivity index (χ1) is 9.19. The van der Waals surface area contributed by atoms with Gasteiger partial charge in [0.2, 0.25) is 0 Å². The minimum atomic E-state index is 0.983. The minimum Gasteiger partial charge on any atom is -0.312 e. The summed E-state index contributed by atoms with van der Waals surface area (Å²) in [6.45, 7) is 8.22. The molecule has 0 unspecified atom stereocenters. The first-order valence-electron chi connectivity index (χ1n) is 6.55. The molecule has 0 radical (unpaired) electrons. The lowest BCUT2D eigenvalue weighted by atomic mass is 10.3. The van der Waals surface area contributed by atoms with Crippen LogP contribution in [0, 0.1) is 6.92 Å². The standard InChI is InChI=1S/C14H21N3S2/c1-4-15-7-12-5-6-13(19-12)8-17(3)9-14-11(2)16-10-18-14/h5-6,10,15H,4,7-9H2,1-3H3. The van der Waals surface area contributed by atoms with E-state index < -0.39 is 0 Å². The van der Waals surface area contributed by atoms with Crippen molar-refractivity contribution in [2.24, 2.45) is 0 Å². The van der Waals surface area contributed by atoms with Crippen molar-refractivity contribution in [3.8, 4) is 0 Å². The predicted molar refractivity (Wildman–Crippen MR) is 83.7 cm³/mol. The van der Waals surface area contributed by atoms with E-state index in [2.05, 4.69) is 48.2 Å². The normalized spacial score (nSPS) is 11.4. The third-order valence-corrected chi connectivity index (χ3v) is 4.94. The Bertz CT molecular complexity index is 504. The summed E-state index contributed by atoms with van der Waals surface area (Å²) < 4.78 is 0. The van der Waals surface area contributed by atoms with E-state index in [9.17, 15) is 0 Å². The number of aromatic nitrogens is 1. The zero-order valence-electron chi connectivity index (χ0n) is 11.8. The Morgan fingerprint density at radius 3 is 2.74 bits per heavy atom. The molecule has 0 aliphatic heterocycles. The van der Waals surface area contributed by atoms with Gasteiger partial charge in [0.05, 0.1) is 11.2 Å². The molecule has 0 aliphatic carbocycles. The van der Waals surface area contributed by atoms with Gasteiger partial charge in [0.1, 0.15) is 0 Å². The Labute approximate surface area is 123 Å². The predicted octanol–water partition coefficient (Wildman–Crippen LogP) is 3.25. The second kappa shape index (κ2) is 7.14. The summed E-state index contributed by atoms with van der Waals surface area (Å²) in [5.74, 6) is 0. The quantitative estimate of drug-likeness (QED) is 0.850. The number of nitrogens with one attached hydrogen (secondary N) is 1. The SMILES string of the molecule is CCNCc1ccc(CN(C)Cc2scnc2C)s1. The average molecular weight is 295 g/mol. The first kappa shape index (κ1) is 14.7. The monoisotopic (exact) mass is 295 g/mol. The first-order valence-corrected chi connectivity index (χ1v) is 8.24. The van der Waals surface area contributed by atoms with Gasteiger partial charge in [0, 0.05) is 34.3 Å². The largest absolute Gasteiger partial charge is 0.312 e. The van der Waals surface area contributed by atoms with E-state index in [-0.39, 0.29) is 0 Å². The number of rotatable bonds is 7. The molecule has 19 heavy (non-hydrogen) atoms. The van der Waals surface area contributed by atoms with Gasteiger partial charge < -0.3 is 5.32 Å². The van der Waals surface area contributed by atoms with Crippen LogP contribution in [0.15, 0.2) is 17.6 Å². The van der Waals surface area contributed by atoms with Crippen molar-refractivity contribution in [3.05, 3.63) is 38.0 Å². The molecule has 0 aromatic carbocycles. The van der Waals surface area contributed by atoms with Crippen molar-refractivity contribution < 1.29 is 0 Å². The van der Waals surface area contributed by atoms with Gasteiger partial charge in [-0.25, -0.2) is 4.98 Å². The lowest BCUT2D eigenvalue weighted by Crippen LogP contribution is -2.16. The van der Waals surface area contributed by atoms with E-state index in [1.165, 1.54) is 14.6 Å². The van der Waals surface area contributed by atoms with Gasteiger partial charge >= 0.3 is 0 Å². The highest BCUT2D eigenvalue weighted by molar-refractivity contribution is 7.12. The third-order valence-electron chi connectivity index (χ3n) is 2.95. The molecule has 1 N–H and O–H groups in total. The molecule has 0 fully saturated rings. The fourth-order valence-corrected chi connectivity index (χ4v) is 3.82. The van der Waals surface area contributed by atoms with Gasteiger partial charge in [-0.1, -0.05) is 6.92 Å². The Morgan fingerprint density at radius 2 is 2.05 bits per heavy atom. The highest BCUT2D eigenvalue weighted by atomic mass is 32.1. The van der Waals surface area contributed by atoms with Gasteiger partial charge in [-0.3, -0.25) is 4.90 Å². The number of thiophene rings is 1. The number of hydrogen-bond donors (Lipinski definition) is 1. The van der Waals surface area contributed by atoms with Crippen LogP contribution >= 0.6 is 22.7 Å². The van der Waals surface area contributed by atoms with Crippen LogP contribution in [0.25, 0.3) is 0 Å². The summed E-state index contributed by atoms with van der Waals surface area (Å²) in [5, 5.41) is 3.37. The second-order valence-corrected chi connectivity index (χ2v) is 6.87. The van der Waals surface area contributed by atoms with Crippen LogP contribution in [0.2, 0.25) is 0 Å². The molecule has 3 nitrogen and oxygen atoms in total. The van der Waals surface area contributed by atoms with E-state index >= 15 is 0 Å². The Hall–Kier alpha value is -0.750. The molecule has 0 spiro atoms. The van der Waals surface area contributed by atoms with Crippen molar-refractivity contribution in [2.75, 3.05) is 13.6 Å². The second-order valence-electron chi connectivity index (χ2n) is 4.68. The molecule has 2 heterocycles. The Kier molecular flexibility index (Phi) is 5.51. The molecule has 0 saturated carbocycles. The molecule has 5 heteroatoms. The summed E-state index contributed by atoms with van der Waals surface area (Å²) in [4.78, 5) is 10.9. The van der Waals surface area contributed by atoms with Crippen LogP contribution in [0.5, 0.6) is 0 Å². The molecule has 104 valence electrons. The maximum absolute atomic E-state index is 4.30. The molecule has 0 saturated heterocycles. The molecule has 2 aromatic heterocycles. The summed E-state index contributed by atoms with van der Waals surface area (Å²) >= 11 is 3.65. The van der Waals surface area contributed by atoms with E-state index in [4.69, 9.17) is 0 Å². The maximum Gasteiger partial charge on any atom is 0.0798 e. The zero-order valence-corrected chi connectivity index (χ0v) is 13.4. The highest BCUT2D eigenvalue weighted by Gasteiger charge is 2.08. The lowest BCUT2D eigenvalue weighted by Gasteiger charge is -2.14. The minimum absolute atomic E-state index is 0.983. The molecular formula is C14H21N3S2. The third kappa shape index (κ3) is 4.38. The number of aryl methyl sites for hydroxylation is 1. The Balaban J connectivity index is 1.86. The van der Waals surface area contributed by atoms with Gasteiger partial charge in [0.15, 0.2) is 0 Å². The molecule has 0 atom stereocenters. The Morgan fingerprint density at radius 1 is 1.26 bits per heavy atom. The van der Waals surface area contributed by atoms with E-state index in [1.54, 1.807) is 11.3 Å². The van der Waals surface area contributed by atoms with E-state index in [0.29, 0.717) is 0 Å². The molecule has 0 aliphatic rings. The summed E-state index contributed by atoms with van der Waals surface area (Å²) in [6.07, 6.45) is 0. The van der Waals surface area contributed by atoms with Crippen LogP contribution in [-0.2, 0) is 19.6 Å². The summed E-state index contributed by atoms with van der Waals surface area (Å²) in [5.41, 5.74) is 3.09. The number of hydrogen-bond acceptors (Lipinski definition) is 5. The van der Waals surface area contributed by atoms with Crippen LogP contribution < -0.4 is 5.32 Å². The smallest absolute Gasteiger partial charge is 0.0798 e. The van der Waals surface area contributed by atoms with Crippen molar-refractivity contribution in [2.45, 2.75) is 33.5 Å². The molecule has 2 aromatic rings. The zero-order chi connectivity index (χ0) is 13.7. The van der Waals surface area contributed by atoms with Crippen LogP contribution in [-0.4, -0.2) is 23.5 Å². The fourth-order valence-electron chi connectivity index (χ4n) is 1.90. The number of thiazole rings is 1. The van der Waals surface area contributed by atoms with Crippen LogP contribution in [0.1, 0.15) is 27.2 Å². The van der Waals surface area contributed by atoms with E-state index in [1.807, 2.05) is 16.8 Å². The van der Waals surface area contributed by atoms with Crippen molar-refractivity contribution in [1.29, 1.82) is 0 Å². The summed E-state index contributed by atoms with van der Waals surface area (Å²) in [7, 11) is 2.17. The molecular weight excluding hydrogens is 274 g/mol.